The fourth-order valence-corrected chi connectivity index (χ4v) is 7.80. The number of aryl methyl sites for hydroxylation is 1. The zero-order valence-corrected chi connectivity index (χ0v) is 29.7. The molecule has 2 atom stereocenters. The standard InChI is InChI=1S/C38H54N6O4/c1-36(2,3)47-34(45)43-22-10-13-29(43)32-39-24-28(41-32)27-17-15-26(16-18-27)12-9-21-38(19-7-8-20-38)31-25-40-33(42-31)30-14-11-23-44(30)35(46)48-37(4,5)6/h15-18,24-25,29-30H,7-14,19-23H2,1-6H3,(H,39,41)(H,40,42)/t29-,30-/m0/s1. The monoisotopic (exact) mass is 658 g/mol. The molecule has 0 unspecified atom stereocenters. The third-order valence-corrected chi connectivity index (χ3v) is 10.1. The number of H-pyrrole nitrogens is 2. The van der Waals surface area contributed by atoms with Crippen molar-refractivity contribution in [2.75, 3.05) is 13.1 Å². The average Bonchev–Trinajstić information content (AvgIpc) is 3.85. The van der Waals surface area contributed by atoms with E-state index in [2.05, 4.69) is 39.2 Å². The number of likely N-dealkylation sites (tertiary alicyclic amines) is 2. The fourth-order valence-electron chi connectivity index (χ4n) is 7.80. The van der Waals surface area contributed by atoms with Crippen LogP contribution in [-0.2, 0) is 21.3 Å². The molecule has 0 spiro atoms. The molecule has 2 saturated heterocycles. The second-order valence-corrected chi connectivity index (χ2v) is 16.1. The van der Waals surface area contributed by atoms with Gasteiger partial charge in [-0.3, -0.25) is 9.80 Å². The van der Waals surface area contributed by atoms with Gasteiger partial charge in [0.2, 0.25) is 0 Å². The Labute approximate surface area is 285 Å². The van der Waals surface area contributed by atoms with Gasteiger partial charge in [-0.1, -0.05) is 37.1 Å². The Balaban J connectivity index is 1.06. The Morgan fingerprint density at radius 2 is 1.33 bits per heavy atom. The lowest BCUT2D eigenvalue weighted by Gasteiger charge is -2.29. The Morgan fingerprint density at radius 3 is 1.90 bits per heavy atom. The second-order valence-electron chi connectivity index (χ2n) is 16.1. The number of aromatic nitrogens is 4. The highest BCUT2D eigenvalue weighted by atomic mass is 16.6. The number of rotatable bonds is 8. The number of aromatic amines is 2. The fraction of sp³-hybridized carbons (Fsp3) is 0.632. The quantitative estimate of drug-likeness (QED) is 0.250. The number of nitrogens with one attached hydrogen (secondary N) is 2. The Kier molecular flexibility index (Phi) is 9.64. The minimum absolute atomic E-state index is 0.0569. The predicted molar refractivity (Wildman–Crippen MR) is 186 cm³/mol. The van der Waals surface area contributed by atoms with Crippen LogP contribution < -0.4 is 0 Å². The van der Waals surface area contributed by atoms with Crippen molar-refractivity contribution in [3.8, 4) is 11.3 Å². The third kappa shape index (κ3) is 7.73. The largest absolute Gasteiger partial charge is 0.444 e. The minimum atomic E-state index is -0.525. The van der Waals surface area contributed by atoms with E-state index < -0.39 is 11.2 Å². The molecular weight excluding hydrogens is 604 g/mol. The summed E-state index contributed by atoms with van der Waals surface area (Å²) in [6.45, 7) is 12.8. The van der Waals surface area contributed by atoms with Crippen molar-refractivity contribution in [2.45, 2.75) is 141 Å². The Bertz CT molecular complexity index is 1560. The van der Waals surface area contributed by atoms with Gasteiger partial charge in [-0.25, -0.2) is 19.6 Å². The first kappa shape index (κ1) is 34.1. The molecule has 260 valence electrons. The zero-order chi connectivity index (χ0) is 34.1. The van der Waals surface area contributed by atoms with Crippen molar-refractivity contribution in [1.82, 2.24) is 29.7 Å². The van der Waals surface area contributed by atoms with Gasteiger partial charge in [0.25, 0.3) is 0 Å². The number of nitrogens with zero attached hydrogens (tertiary/aromatic N) is 4. The number of carbonyl (C=O) groups excluding carboxylic acids is 2. The van der Waals surface area contributed by atoms with Crippen LogP contribution in [0.3, 0.4) is 0 Å². The molecule has 2 amide bonds. The summed E-state index contributed by atoms with van der Waals surface area (Å²) >= 11 is 0. The molecule has 6 rings (SSSR count). The van der Waals surface area contributed by atoms with Gasteiger partial charge < -0.3 is 19.4 Å². The number of amides is 2. The van der Waals surface area contributed by atoms with Crippen molar-refractivity contribution < 1.29 is 19.1 Å². The lowest BCUT2D eigenvalue weighted by Crippen LogP contribution is -2.36. The third-order valence-electron chi connectivity index (χ3n) is 10.1. The molecule has 0 bridgehead atoms. The molecule has 2 N–H and O–H groups in total. The highest BCUT2D eigenvalue weighted by molar-refractivity contribution is 5.69. The molecule has 1 saturated carbocycles. The molecule has 1 aromatic carbocycles. The lowest BCUT2D eigenvalue weighted by atomic mass is 9.78. The van der Waals surface area contributed by atoms with Crippen molar-refractivity contribution >= 4 is 12.2 Å². The van der Waals surface area contributed by atoms with Crippen LogP contribution in [0.4, 0.5) is 9.59 Å². The van der Waals surface area contributed by atoms with Crippen LogP contribution >= 0.6 is 0 Å². The molecule has 10 nitrogen and oxygen atoms in total. The number of ether oxygens (including phenoxy) is 2. The van der Waals surface area contributed by atoms with E-state index in [1.165, 1.54) is 36.9 Å². The van der Waals surface area contributed by atoms with Gasteiger partial charge in [0.1, 0.15) is 22.9 Å². The summed E-state index contributed by atoms with van der Waals surface area (Å²) in [5, 5.41) is 0. The van der Waals surface area contributed by atoms with E-state index in [4.69, 9.17) is 14.5 Å². The molecular formula is C38H54N6O4. The molecule has 2 aliphatic heterocycles. The van der Waals surface area contributed by atoms with Crippen LogP contribution in [0.25, 0.3) is 11.3 Å². The first-order chi connectivity index (χ1) is 22.8. The summed E-state index contributed by atoms with van der Waals surface area (Å²) < 4.78 is 11.3. The van der Waals surface area contributed by atoms with E-state index in [1.54, 1.807) is 4.90 Å². The maximum absolute atomic E-state index is 12.9. The average molecular weight is 659 g/mol. The molecule has 3 aliphatic rings. The van der Waals surface area contributed by atoms with Crippen LogP contribution in [0.2, 0.25) is 0 Å². The maximum Gasteiger partial charge on any atom is 0.410 e. The molecule has 48 heavy (non-hydrogen) atoms. The van der Waals surface area contributed by atoms with Crippen LogP contribution in [-0.4, -0.2) is 66.2 Å². The number of imidazole rings is 2. The Morgan fingerprint density at radius 1 is 0.792 bits per heavy atom. The number of hydrogen-bond acceptors (Lipinski definition) is 6. The van der Waals surface area contributed by atoms with Gasteiger partial charge >= 0.3 is 12.2 Å². The highest BCUT2D eigenvalue weighted by Gasteiger charge is 2.40. The number of carbonyl (C=O) groups is 2. The molecule has 10 heteroatoms. The topological polar surface area (TPSA) is 116 Å². The Hall–Kier alpha value is -3.82. The molecule has 4 heterocycles. The van der Waals surface area contributed by atoms with E-state index in [1.807, 2.05) is 58.8 Å². The summed E-state index contributed by atoms with van der Waals surface area (Å²) in [5.74, 6) is 1.70. The maximum atomic E-state index is 12.9. The SMILES string of the molecule is CC(C)(C)OC(=O)N1CCC[C@H]1c1ncc(-c2ccc(CCCC3(c4cnc([C@@H]5CCCN5C(=O)OC(C)(C)C)[nH]4)CCCC3)cc2)[nH]1. The molecule has 3 aromatic rings. The van der Waals surface area contributed by atoms with Crippen molar-refractivity contribution in [2.24, 2.45) is 0 Å². The normalized spacial score (nSPS) is 21.2. The summed E-state index contributed by atoms with van der Waals surface area (Å²) in [6.07, 6.45) is 15.1. The van der Waals surface area contributed by atoms with E-state index in [9.17, 15) is 9.59 Å². The van der Waals surface area contributed by atoms with E-state index in [0.717, 1.165) is 67.9 Å². The van der Waals surface area contributed by atoms with E-state index >= 15 is 0 Å². The van der Waals surface area contributed by atoms with Crippen LogP contribution in [0.5, 0.6) is 0 Å². The van der Waals surface area contributed by atoms with Gasteiger partial charge in [0.05, 0.1) is 24.0 Å². The van der Waals surface area contributed by atoms with Crippen molar-refractivity contribution in [3.05, 3.63) is 59.6 Å². The number of hydrogen-bond donors (Lipinski definition) is 2. The van der Waals surface area contributed by atoms with E-state index in [0.29, 0.717) is 13.1 Å². The molecule has 0 radical (unpaired) electrons. The predicted octanol–water partition coefficient (Wildman–Crippen LogP) is 8.78. The van der Waals surface area contributed by atoms with Gasteiger partial charge in [0.15, 0.2) is 0 Å². The summed E-state index contributed by atoms with van der Waals surface area (Å²) in [4.78, 5) is 46.0. The smallest absolute Gasteiger partial charge is 0.410 e. The first-order valence-corrected chi connectivity index (χ1v) is 18.0. The van der Waals surface area contributed by atoms with Gasteiger partial charge in [-0.2, -0.15) is 0 Å². The molecule has 3 fully saturated rings. The zero-order valence-electron chi connectivity index (χ0n) is 29.7. The van der Waals surface area contributed by atoms with Crippen LogP contribution in [0, 0.1) is 0 Å². The van der Waals surface area contributed by atoms with E-state index in [-0.39, 0.29) is 29.7 Å². The summed E-state index contributed by atoms with van der Waals surface area (Å²) in [5.41, 5.74) is 3.66. The van der Waals surface area contributed by atoms with Crippen molar-refractivity contribution in [3.63, 3.8) is 0 Å². The number of benzene rings is 1. The van der Waals surface area contributed by atoms with Crippen LogP contribution in [0.1, 0.15) is 141 Å². The molecule has 1 aliphatic carbocycles. The highest BCUT2D eigenvalue weighted by Crippen LogP contribution is 2.45. The van der Waals surface area contributed by atoms with Crippen LogP contribution in [0.15, 0.2) is 36.7 Å². The summed E-state index contributed by atoms with van der Waals surface area (Å²) in [6, 6.07) is 8.62. The van der Waals surface area contributed by atoms with Gasteiger partial charge in [-0.05, 0) is 110 Å². The molecule has 2 aromatic heterocycles. The minimum Gasteiger partial charge on any atom is -0.444 e. The lowest BCUT2D eigenvalue weighted by molar-refractivity contribution is 0.0208. The first-order valence-electron chi connectivity index (χ1n) is 18.0. The van der Waals surface area contributed by atoms with Gasteiger partial charge in [0, 0.05) is 30.4 Å². The van der Waals surface area contributed by atoms with Crippen molar-refractivity contribution in [1.29, 1.82) is 0 Å². The summed E-state index contributed by atoms with van der Waals surface area (Å²) in [7, 11) is 0. The second kappa shape index (κ2) is 13.6. The van der Waals surface area contributed by atoms with Gasteiger partial charge in [-0.15, -0.1) is 0 Å².